The number of H-pyrrole nitrogens is 1. The third kappa shape index (κ3) is 4.87. The molecule has 1 aliphatic rings. The van der Waals surface area contributed by atoms with Crippen molar-refractivity contribution in [3.8, 4) is 0 Å². The molecule has 7 nitrogen and oxygen atoms in total. The number of benzene rings is 2. The predicted molar refractivity (Wildman–Crippen MR) is 122 cm³/mol. The number of rotatable bonds is 6. The van der Waals surface area contributed by atoms with Gasteiger partial charge in [-0.1, -0.05) is 17.7 Å². The van der Waals surface area contributed by atoms with E-state index in [0.29, 0.717) is 17.4 Å². The normalized spacial score (nSPS) is 14.5. The second-order valence-electron chi connectivity index (χ2n) is 7.82. The van der Waals surface area contributed by atoms with Crippen LogP contribution in [0.4, 0.5) is 15.8 Å². The number of nitrogens with zero attached hydrogens (tertiary/aromatic N) is 1. The smallest absolute Gasteiger partial charge is 0.356 e. The number of hydrogen-bond donors (Lipinski definition) is 3. The number of piperazine rings is 1. The molecule has 1 amide bonds. The molecule has 168 valence electrons. The predicted octanol–water partition coefficient (Wildman–Crippen LogP) is 2.48. The Hall–Kier alpha value is -3.10. The summed E-state index contributed by atoms with van der Waals surface area (Å²) in [5.74, 6) is -1.31. The molecule has 0 saturated carbocycles. The van der Waals surface area contributed by atoms with Gasteiger partial charge in [-0.3, -0.25) is 4.79 Å². The summed E-state index contributed by atoms with van der Waals surface area (Å²) >= 11 is 6.09. The number of anilines is 2. The Kier molecular flexibility index (Phi) is 6.62. The van der Waals surface area contributed by atoms with Crippen LogP contribution in [0.5, 0.6) is 0 Å². The Morgan fingerprint density at radius 3 is 2.72 bits per heavy atom. The third-order valence-electron chi connectivity index (χ3n) is 5.76. The van der Waals surface area contributed by atoms with Gasteiger partial charge in [0.1, 0.15) is 11.5 Å². The van der Waals surface area contributed by atoms with Crippen molar-refractivity contribution in [1.82, 2.24) is 4.98 Å². The first-order valence-electron chi connectivity index (χ1n) is 10.5. The van der Waals surface area contributed by atoms with Crippen molar-refractivity contribution in [3.05, 3.63) is 59.0 Å². The largest absolute Gasteiger partial charge is 0.464 e. The Bertz CT molecular complexity index is 1140. The van der Waals surface area contributed by atoms with Crippen LogP contribution in [0, 0.1) is 5.82 Å². The van der Waals surface area contributed by atoms with E-state index in [2.05, 4.69) is 15.2 Å². The minimum Gasteiger partial charge on any atom is -0.464 e. The summed E-state index contributed by atoms with van der Waals surface area (Å²) in [6.45, 7) is 4.24. The number of amides is 1. The van der Waals surface area contributed by atoms with Crippen LogP contribution in [0.1, 0.15) is 16.9 Å². The van der Waals surface area contributed by atoms with Crippen LogP contribution in [0.2, 0.25) is 5.02 Å². The van der Waals surface area contributed by atoms with Crippen molar-refractivity contribution in [3.63, 3.8) is 0 Å². The molecule has 3 aromatic rings. The number of esters is 1. The molecule has 0 spiro atoms. The van der Waals surface area contributed by atoms with Crippen LogP contribution in [-0.2, 0) is 9.53 Å². The SMILES string of the molecule is COC(=O)c1[nH]c2ccc(F)cc2c1NC(=O)CC[NH+]1CCN(c2cccc(Cl)c2)CC1. The number of methoxy groups -OCH3 is 1. The number of nitrogens with one attached hydrogen (secondary N) is 3. The molecule has 0 radical (unpaired) electrons. The number of aromatic nitrogens is 1. The number of carbonyl (C=O) groups is 2. The molecular formula is C23H25ClFN4O3+. The van der Waals surface area contributed by atoms with Gasteiger partial charge in [0.25, 0.3) is 0 Å². The van der Waals surface area contributed by atoms with E-state index in [0.717, 1.165) is 36.9 Å². The third-order valence-corrected chi connectivity index (χ3v) is 6.00. The minimum absolute atomic E-state index is 0.101. The molecule has 32 heavy (non-hydrogen) atoms. The molecule has 9 heteroatoms. The number of aromatic amines is 1. The van der Waals surface area contributed by atoms with Crippen molar-refractivity contribution in [1.29, 1.82) is 0 Å². The zero-order chi connectivity index (χ0) is 22.7. The van der Waals surface area contributed by atoms with E-state index in [1.54, 1.807) is 0 Å². The van der Waals surface area contributed by atoms with Crippen molar-refractivity contribution in [2.45, 2.75) is 6.42 Å². The fourth-order valence-corrected chi connectivity index (χ4v) is 4.23. The first-order chi connectivity index (χ1) is 15.4. The molecule has 4 rings (SSSR count). The van der Waals surface area contributed by atoms with Gasteiger partial charge in [0.05, 0.1) is 51.9 Å². The minimum atomic E-state index is -0.625. The summed E-state index contributed by atoms with van der Waals surface area (Å²) in [5.41, 5.74) is 2.00. The average Bonchev–Trinajstić information content (AvgIpc) is 3.15. The standard InChI is InChI=1S/C23H24ClFN4O3/c1-32-23(31)22-21(18-14-16(25)5-6-19(18)26-22)27-20(30)7-8-28-9-11-29(12-10-28)17-4-2-3-15(24)13-17/h2-6,13-14,26H,7-12H2,1H3,(H,27,30)/p+1. The van der Waals surface area contributed by atoms with E-state index in [1.807, 2.05) is 24.3 Å². The monoisotopic (exact) mass is 459 g/mol. The van der Waals surface area contributed by atoms with Crippen molar-refractivity contribution in [2.75, 3.05) is 50.1 Å². The lowest BCUT2D eigenvalue weighted by Gasteiger charge is -2.33. The van der Waals surface area contributed by atoms with Crippen LogP contribution >= 0.6 is 11.6 Å². The molecule has 2 heterocycles. The van der Waals surface area contributed by atoms with Crippen molar-refractivity contribution >= 4 is 45.8 Å². The zero-order valence-corrected chi connectivity index (χ0v) is 18.5. The molecule has 1 fully saturated rings. The quantitative estimate of drug-likeness (QED) is 0.495. The maximum absolute atomic E-state index is 13.8. The van der Waals surface area contributed by atoms with E-state index in [9.17, 15) is 14.0 Å². The van der Waals surface area contributed by atoms with Crippen LogP contribution < -0.4 is 15.1 Å². The zero-order valence-electron chi connectivity index (χ0n) is 17.7. The highest BCUT2D eigenvalue weighted by Crippen LogP contribution is 2.29. The highest BCUT2D eigenvalue weighted by molar-refractivity contribution is 6.30. The van der Waals surface area contributed by atoms with Gasteiger partial charge in [0, 0.05) is 21.6 Å². The maximum atomic E-state index is 13.8. The van der Waals surface area contributed by atoms with E-state index in [1.165, 1.54) is 30.2 Å². The molecule has 1 saturated heterocycles. The van der Waals surface area contributed by atoms with Crippen LogP contribution in [0.25, 0.3) is 10.9 Å². The Morgan fingerprint density at radius 1 is 1.22 bits per heavy atom. The van der Waals surface area contributed by atoms with Crippen LogP contribution in [0.15, 0.2) is 42.5 Å². The number of hydrogen-bond acceptors (Lipinski definition) is 4. The van der Waals surface area contributed by atoms with Gasteiger partial charge >= 0.3 is 5.97 Å². The van der Waals surface area contributed by atoms with E-state index in [-0.39, 0.29) is 23.7 Å². The summed E-state index contributed by atoms with van der Waals surface area (Å²) in [5, 5.41) is 3.93. The Morgan fingerprint density at radius 2 is 2.00 bits per heavy atom. The molecule has 0 unspecified atom stereocenters. The van der Waals surface area contributed by atoms with Gasteiger partial charge in [0.2, 0.25) is 5.91 Å². The van der Waals surface area contributed by atoms with Gasteiger partial charge in [-0.25, -0.2) is 9.18 Å². The molecule has 0 bridgehead atoms. The van der Waals surface area contributed by atoms with E-state index < -0.39 is 11.8 Å². The lowest BCUT2D eigenvalue weighted by atomic mass is 10.2. The number of carbonyl (C=O) groups excluding carboxylic acids is 2. The lowest BCUT2D eigenvalue weighted by molar-refractivity contribution is -0.900. The van der Waals surface area contributed by atoms with Gasteiger partial charge in [-0.15, -0.1) is 0 Å². The summed E-state index contributed by atoms with van der Waals surface area (Å²) in [7, 11) is 1.26. The molecule has 2 aromatic carbocycles. The maximum Gasteiger partial charge on any atom is 0.356 e. The van der Waals surface area contributed by atoms with Crippen LogP contribution in [-0.4, -0.2) is 56.7 Å². The van der Waals surface area contributed by atoms with Crippen molar-refractivity contribution < 1.29 is 23.6 Å². The first kappa shape index (κ1) is 22.1. The van der Waals surface area contributed by atoms with Crippen molar-refractivity contribution in [2.24, 2.45) is 0 Å². The first-order valence-corrected chi connectivity index (χ1v) is 10.9. The van der Waals surface area contributed by atoms with E-state index in [4.69, 9.17) is 16.3 Å². The van der Waals surface area contributed by atoms with Gasteiger partial charge < -0.3 is 24.8 Å². The Labute approximate surface area is 190 Å². The summed E-state index contributed by atoms with van der Waals surface area (Å²) in [6, 6.07) is 11.9. The number of halogens is 2. The Balaban J connectivity index is 1.36. The average molecular weight is 460 g/mol. The lowest BCUT2D eigenvalue weighted by Crippen LogP contribution is -3.15. The molecule has 3 N–H and O–H groups in total. The second-order valence-corrected chi connectivity index (χ2v) is 8.26. The topological polar surface area (TPSA) is 78.9 Å². The number of ether oxygens (including phenoxy) is 1. The molecule has 0 aliphatic carbocycles. The second kappa shape index (κ2) is 9.58. The molecular weight excluding hydrogens is 435 g/mol. The summed E-state index contributed by atoms with van der Waals surface area (Å²) in [4.78, 5) is 31.3. The number of quaternary nitrogens is 1. The van der Waals surface area contributed by atoms with E-state index >= 15 is 0 Å². The van der Waals surface area contributed by atoms with Gasteiger partial charge in [0.15, 0.2) is 0 Å². The van der Waals surface area contributed by atoms with Gasteiger partial charge in [-0.05, 0) is 36.4 Å². The summed E-state index contributed by atoms with van der Waals surface area (Å²) in [6.07, 6.45) is 0.287. The molecule has 0 atom stereocenters. The highest BCUT2D eigenvalue weighted by Gasteiger charge is 2.23. The summed E-state index contributed by atoms with van der Waals surface area (Å²) < 4.78 is 18.6. The highest BCUT2D eigenvalue weighted by atomic mass is 35.5. The molecule has 1 aliphatic heterocycles. The fourth-order valence-electron chi connectivity index (χ4n) is 4.05. The fraction of sp³-hybridized carbons (Fsp3) is 0.304. The number of fused-ring (bicyclic) bond motifs is 1. The van der Waals surface area contributed by atoms with Crippen LogP contribution in [0.3, 0.4) is 0 Å². The van der Waals surface area contributed by atoms with Gasteiger partial charge in [-0.2, -0.15) is 0 Å². The molecule has 1 aromatic heterocycles.